The van der Waals surface area contributed by atoms with E-state index in [2.05, 4.69) is 5.32 Å². The molecule has 1 aliphatic heterocycles. The van der Waals surface area contributed by atoms with E-state index in [1.54, 1.807) is 38.3 Å². The minimum absolute atomic E-state index is 0.204. The third-order valence-electron chi connectivity index (χ3n) is 5.97. The van der Waals surface area contributed by atoms with Crippen molar-refractivity contribution in [3.05, 3.63) is 76.0 Å². The van der Waals surface area contributed by atoms with Gasteiger partial charge in [0.15, 0.2) is 0 Å². The normalized spacial score (nSPS) is 23.1. The van der Waals surface area contributed by atoms with Gasteiger partial charge in [-0.15, -0.1) is 0 Å². The summed E-state index contributed by atoms with van der Waals surface area (Å²) in [5, 5.41) is 16.5. The lowest BCUT2D eigenvalue weighted by Crippen LogP contribution is -2.37. The second kappa shape index (κ2) is 8.39. The molecule has 4 rings (SSSR count). The average molecular weight is 423 g/mol. The van der Waals surface area contributed by atoms with E-state index in [0.29, 0.717) is 5.75 Å². The number of methoxy groups -OCH3 is 1. The van der Waals surface area contributed by atoms with Crippen molar-refractivity contribution in [1.82, 2.24) is 9.88 Å². The fourth-order valence-corrected chi connectivity index (χ4v) is 4.61. The van der Waals surface area contributed by atoms with Crippen molar-refractivity contribution in [2.45, 2.75) is 31.0 Å². The first-order valence-corrected chi connectivity index (χ1v) is 10.2. The Hall–Kier alpha value is -3.39. The molecule has 0 spiro atoms. The molecule has 1 fully saturated rings. The molecule has 0 amide bonds. The summed E-state index contributed by atoms with van der Waals surface area (Å²) in [6.45, 7) is 1.93. The summed E-state index contributed by atoms with van der Waals surface area (Å²) in [5.74, 6) is -0.512. The lowest BCUT2D eigenvalue weighted by molar-refractivity contribution is -0.527. The van der Waals surface area contributed by atoms with E-state index in [0.717, 1.165) is 22.0 Å². The monoisotopic (exact) mass is 423 g/mol. The van der Waals surface area contributed by atoms with Crippen LogP contribution in [-0.2, 0) is 16.6 Å². The van der Waals surface area contributed by atoms with Gasteiger partial charge in [-0.3, -0.25) is 20.2 Å². The Labute approximate surface area is 179 Å². The first-order chi connectivity index (χ1) is 15.0. The lowest BCUT2D eigenvalue weighted by atomic mass is 9.85. The molecule has 2 heterocycles. The van der Waals surface area contributed by atoms with Gasteiger partial charge >= 0.3 is 5.97 Å². The van der Waals surface area contributed by atoms with E-state index in [1.165, 1.54) is 0 Å². The van der Waals surface area contributed by atoms with Crippen molar-refractivity contribution < 1.29 is 19.2 Å². The van der Waals surface area contributed by atoms with Gasteiger partial charge in [-0.05, 0) is 36.2 Å². The maximum Gasteiger partial charge on any atom is 0.324 e. The number of esters is 1. The number of hydrogen-bond donors (Lipinski definition) is 1. The van der Waals surface area contributed by atoms with Crippen LogP contribution in [0.3, 0.4) is 0 Å². The molecular formula is C23H25N3O5. The molecule has 1 N–H and O–H groups in total. The highest BCUT2D eigenvalue weighted by atomic mass is 16.6. The number of aryl methyl sites for hydroxylation is 1. The number of hydrogen-bond acceptors (Lipinski definition) is 6. The summed E-state index contributed by atoms with van der Waals surface area (Å²) < 4.78 is 12.4. The Bertz CT molecular complexity index is 1110. The van der Waals surface area contributed by atoms with Crippen molar-refractivity contribution in [3.63, 3.8) is 0 Å². The van der Waals surface area contributed by atoms with Crippen molar-refractivity contribution in [2.24, 2.45) is 7.05 Å². The molecule has 8 nitrogen and oxygen atoms in total. The quantitative estimate of drug-likeness (QED) is 0.372. The molecule has 0 aliphatic carbocycles. The first-order valence-electron chi connectivity index (χ1n) is 10.2. The summed E-state index contributed by atoms with van der Waals surface area (Å²) in [4.78, 5) is 24.9. The van der Waals surface area contributed by atoms with Crippen LogP contribution >= 0.6 is 0 Å². The molecule has 1 saturated heterocycles. The molecule has 4 atom stereocenters. The average Bonchev–Trinajstić information content (AvgIpc) is 3.33. The smallest absolute Gasteiger partial charge is 0.324 e. The number of nitro groups is 1. The largest absolute Gasteiger partial charge is 0.497 e. The van der Waals surface area contributed by atoms with Crippen LogP contribution in [0.2, 0.25) is 0 Å². The summed E-state index contributed by atoms with van der Waals surface area (Å²) in [7, 11) is 3.46. The van der Waals surface area contributed by atoms with Gasteiger partial charge in [0.25, 0.3) is 0 Å². The van der Waals surface area contributed by atoms with E-state index in [-0.39, 0.29) is 11.5 Å². The molecule has 162 valence electrons. The molecule has 2 aromatic carbocycles. The lowest BCUT2D eigenvalue weighted by Gasteiger charge is -2.19. The molecule has 0 radical (unpaired) electrons. The van der Waals surface area contributed by atoms with Crippen LogP contribution in [0.4, 0.5) is 0 Å². The molecule has 8 heteroatoms. The van der Waals surface area contributed by atoms with Gasteiger partial charge in [0.2, 0.25) is 6.04 Å². The maximum atomic E-state index is 12.9. The topological polar surface area (TPSA) is 95.6 Å². The minimum Gasteiger partial charge on any atom is -0.497 e. The molecule has 0 saturated carbocycles. The van der Waals surface area contributed by atoms with Crippen molar-refractivity contribution in [2.75, 3.05) is 13.7 Å². The Morgan fingerprint density at radius 1 is 1.19 bits per heavy atom. The van der Waals surface area contributed by atoms with E-state index >= 15 is 0 Å². The van der Waals surface area contributed by atoms with E-state index < -0.39 is 30.0 Å². The first kappa shape index (κ1) is 20.9. The summed E-state index contributed by atoms with van der Waals surface area (Å²) in [6, 6.07) is 12.3. The van der Waals surface area contributed by atoms with Crippen LogP contribution in [0.25, 0.3) is 10.9 Å². The number of para-hydroxylation sites is 1. The third-order valence-corrected chi connectivity index (χ3v) is 5.97. The number of ether oxygens (including phenoxy) is 2. The van der Waals surface area contributed by atoms with Crippen LogP contribution in [0, 0.1) is 10.1 Å². The zero-order valence-corrected chi connectivity index (χ0v) is 17.6. The Morgan fingerprint density at radius 2 is 1.90 bits per heavy atom. The second-order valence-electron chi connectivity index (χ2n) is 7.66. The van der Waals surface area contributed by atoms with E-state index in [4.69, 9.17) is 9.47 Å². The van der Waals surface area contributed by atoms with Gasteiger partial charge in [-0.25, -0.2) is 0 Å². The Morgan fingerprint density at radius 3 is 2.55 bits per heavy atom. The van der Waals surface area contributed by atoms with Crippen molar-refractivity contribution >= 4 is 16.9 Å². The maximum absolute atomic E-state index is 12.9. The number of aromatic nitrogens is 1. The molecule has 3 aromatic rings. The van der Waals surface area contributed by atoms with E-state index in [1.807, 2.05) is 42.1 Å². The SMILES string of the molecule is CCOC(=O)[C@H]1N[C@@H](c2ccc(OC)cc2)[C@H]([N+](=O)[O-])[C@H]1c1cn(C)c2ccccc12. The predicted octanol–water partition coefficient (Wildman–Crippen LogP) is 3.19. The van der Waals surface area contributed by atoms with Gasteiger partial charge in [0.1, 0.15) is 17.8 Å². The standard InChI is InChI=1S/C23H25N3O5/c1-4-31-23(27)21-19(17-13-25(2)18-8-6-5-7-16(17)18)22(26(28)29)20(24-21)14-9-11-15(30-3)12-10-14/h5-13,19-22,24H,4H2,1-3H3/t19-,20-,21-,22+/m0/s1. The van der Waals surface area contributed by atoms with Crippen molar-refractivity contribution in [3.8, 4) is 5.75 Å². The van der Waals surface area contributed by atoms with Gasteiger partial charge < -0.3 is 14.0 Å². The number of rotatable bonds is 6. The number of nitrogens with zero attached hydrogens (tertiary/aromatic N) is 2. The number of carbonyl (C=O) groups is 1. The van der Waals surface area contributed by atoms with Crippen LogP contribution in [-0.4, -0.2) is 41.3 Å². The van der Waals surface area contributed by atoms with Gasteiger partial charge in [0, 0.05) is 29.1 Å². The van der Waals surface area contributed by atoms with Crippen LogP contribution in [0.1, 0.15) is 30.0 Å². The van der Waals surface area contributed by atoms with Gasteiger partial charge in [-0.1, -0.05) is 30.3 Å². The highest BCUT2D eigenvalue weighted by Gasteiger charge is 2.55. The highest BCUT2D eigenvalue weighted by molar-refractivity contribution is 5.87. The summed E-state index contributed by atoms with van der Waals surface area (Å²) >= 11 is 0. The zero-order chi connectivity index (χ0) is 22.1. The zero-order valence-electron chi connectivity index (χ0n) is 17.6. The molecule has 0 bridgehead atoms. The molecular weight excluding hydrogens is 398 g/mol. The highest BCUT2D eigenvalue weighted by Crippen LogP contribution is 2.43. The summed E-state index contributed by atoms with van der Waals surface area (Å²) in [5.41, 5.74) is 2.44. The number of carbonyl (C=O) groups excluding carboxylic acids is 1. The van der Waals surface area contributed by atoms with Crippen LogP contribution < -0.4 is 10.1 Å². The number of benzene rings is 2. The molecule has 31 heavy (non-hydrogen) atoms. The molecule has 0 unspecified atom stereocenters. The Balaban J connectivity index is 1.85. The van der Waals surface area contributed by atoms with Crippen LogP contribution in [0.5, 0.6) is 5.75 Å². The second-order valence-corrected chi connectivity index (χ2v) is 7.66. The van der Waals surface area contributed by atoms with Crippen LogP contribution in [0.15, 0.2) is 54.7 Å². The minimum atomic E-state index is -1.05. The Kier molecular flexibility index (Phi) is 5.65. The van der Waals surface area contributed by atoms with Gasteiger partial charge in [0.05, 0.1) is 19.6 Å². The third kappa shape index (κ3) is 3.63. The molecule has 1 aromatic heterocycles. The van der Waals surface area contributed by atoms with Gasteiger partial charge in [-0.2, -0.15) is 0 Å². The summed E-state index contributed by atoms with van der Waals surface area (Å²) in [6.07, 6.45) is 1.89. The fourth-order valence-electron chi connectivity index (χ4n) is 4.61. The number of nitrogens with one attached hydrogen (secondary N) is 1. The number of fused-ring (bicyclic) bond motifs is 1. The predicted molar refractivity (Wildman–Crippen MR) is 116 cm³/mol. The van der Waals surface area contributed by atoms with Crippen molar-refractivity contribution in [1.29, 1.82) is 0 Å². The molecule has 1 aliphatic rings. The fraction of sp³-hybridized carbons (Fsp3) is 0.348. The van der Waals surface area contributed by atoms with E-state index in [9.17, 15) is 14.9 Å².